The Morgan fingerprint density at radius 2 is 1.91 bits per heavy atom. The van der Waals surface area contributed by atoms with Gasteiger partial charge >= 0.3 is 19.4 Å². The molecule has 1 aromatic heterocycles. The van der Waals surface area contributed by atoms with E-state index in [1.165, 1.54) is 39.1 Å². The number of para-hydroxylation sites is 1. The van der Waals surface area contributed by atoms with E-state index in [1.807, 2.05) is 0 Å². The first-order valence-corrected chi connectivity index (χ1v) is 12.6. The largest absolute Gasteiger partial charge is 0.465 e. The minimum Gasteiger partial charge on any atom is -0.465 e. The van der Waals surface area contributed by atoms with Crippen molar-refractivity contribution in [2.24, 2.45) is 0 Å². The number of alkyl halides is 1. The summed E-state index contributed by atoms with van der Waals surface area (Å²) in [7, 11) is -4.28. The van der Waals surface area contributed by atoms with Gasteiger partial charge in [0.05, 0.1) is 13.2 Å². The molecule has 12 nitrogen and oxygen atoms in total. The number of aliphatic hydroxyl groups excluding tert-OH is 1. The number of carbonyl (C=O) groups is 1. The van der Waals surface area contributed by atoms with Crippen LogP contribution in [-0.2, 0) is 23.4 Å². The molecule has 194 valence electrons. The monoisotopic (exact) mass is 533 g/mol. The van der Waals surface area contributed by atoms with Gasteiger partial charge in [0.15, 0.2) is 5.56 Å². The van der Waals surface area contributed by atoms with Crippen molar-refractivity contribution in [3.63, 3.8) is 0 Å². The Morgan fingerprint density at radius 3 is 2.49 bits per heavy atom. The van der Waals surface area contributed by atoms with E-state index >= 15 is 0 Å². The highest BCUT2D eigenvalue weighted by atomic mass is 35.5. The molecule has 0 aliphatic heterocycles. The first-order valence-electron chi connectivity index (χ1n) is 10.6. The Labute approximate surface area is 206 Å². The molecule has 3 N–H and O–H groups in total. The van der Waals surface area contributed by atoms with Crippen LogP contribution >= 0.6 is 19.3 Å². The van der Waals surface area contributed by atoms with Crippen LogP contribution in [0.25, 0.3) is 0 Å². The highest BCUT2D eigenvalue weighted by molar-refractivity contribution is 7.52. The van der Waals surface area contributed by atoms with Gasteiger partial charge in [-0.1, -0.05) is 29.8 Å². The van der Waals surface area contributed by atoms with Gasteiger partial charge in [-0.2, -0.15) is 5.09 Å². The molecule has 2 unspecified atom stereocenters. The second kappa shape index (κ2) is 12.5. The van der Waals surface area contributed by atoms with E-state index in [-0.39, 0.29) is 12.4 Å². The van der Waals surface area contributed by atoms with Gasteiger partial charge in [0.1, 0.15) is 23.6 Å². The lowest BCUT2D eigenvalue weighted by Crippen LogP contribution is -2.47. The zero-order valence-electron chi connectivity index (χ0n) is 19.7. The number of rotatable bonds is 13. The fourth-order valence-corrected chi connectivity index (χ4v) is 4.60. The van der Waals surface area contributed by atoms with Gasteiger partial charge in [-0.3, -0.25) is 23.7 Å². The maximum atomic E-state index is 13.6. The number of nitrogens with one attached hydrogen (secondary N) is 2. The second-order valence-corrected chi connectivity index (χ2v) is 9.93. The molecule has 2 aromatic rings. The predicted molar refractivity (Wildman–Crippen MR) is 127 cm³/mol. The number of ether oxygens (including phenoxy) is 2. The average Bonchev–Trinajstić information content (AvgIpc) is 2.76. The van der Waals surface area contributed by atoms with Gasteiger partial charge in [-0.25, -0.2) is 9.36 Å². The third kappa shape index (κ3) is 8.60. The number of benzene rings is 1. The fraction of sp³-hybridized carbons (Fsp3) is 0.476. The van der Waals surface area contributed by atoms with E-state index < -0.39 is 55.0 Å². The van der Waals surface area contributed by atoms with Crippen molar-refractivity contribution in [1.29, 1.82) is 0 Å². The number of hydrogen-bond acceptors (Lipinski definition) is 9. The minimum absolute atomic E-state index is 0.102. The molecule has 0 spiro atoms. The zero-order valence-corrected chi connectivity index (χ0v) is 21.3. The van der Waals surface area contributed by atoms with Crippen molar-refractivity contribution >= 4 is 25.3 Å². The summed E-state index contributed by atoms with van der Waals surface area (Å²) < 4.78 is 36.4. The molecule has 4 atom stereocenters. The topological polar surface area (TPSA) is 158 Å². The first-order chi connectivity index (χ1) is 16.4. The molecule has 0 saturated heterocycles. The van der Waals surface area contributed by atoms with Gasteiger partial charge < -0.3 is 19.1 Å². The third-order valence-corrected chi connectivity index (χ3v) is 6.56. The van der Waals surface area contributed by atoms with Crippen LogP contribution < -0.4 is 20.9 Å². The highest BCUT2D eigenvalue weighted by Crippen LogP contribution is 2.46. The predicted octanol–water partition coefficient (Wildman–Crippen LogP) is 2.13. The molecule has 0 aliphatic carbocycles. The van der Waals surface area contributed by atoms with Crippen molar-refractivity contribution in [3.8, 4) is 5.75 Å². The van der Waals surface area contributed by atoms with Crippen LogP contribution in [0.2, 0.25) is 0 Å². The Morgan fingerprint density at radius 1 is 1.26 bits per heavy atom. The molecule has 0 radical (unpaired) electrons. The molecule has 0 bridgehead atoms. The first kappa shape index (κ1) is 28.8. The summed E-state index contributed by atoms with van der Waals surface area (Å²) in [6.07, 6.45) is -1.10. The average molecular weight is 534 g/mol. The van der Waals surface area contributed by atoms with Crippen LogP contribution in [0, 0.1) is 0 Å². The molecule has 0 fully saturated rings. The molecular formula is C21H29ClN3O9P. The molecule has 1 aromatic carbocycles. The molecule has 0 saturated carbocycles. The van der Waals surface area contributed by atoms with E-state index in [0.717, 1.165) is 10.6 Å². The lowest BCUT2D eigenvalue weighted by molar-refractivity contribution is -0.149. The molecule has 1 heterocycles. The summed E-state index contributed by atoms with van der Waals surface area (Å²) in [5, 5.41) is 12.5. The van der Waals surface area contributed by atoms with Gasteiger partial charge in [-0.15, -0.1) is 0 Å². The normalized spacial score (nSPS) is 16.1. The fourth-order valence-electron chi connectivity index (χ4n) is 2.79. The van der Waals surface area contributed by atoms with Gasteiger partial charge in [0.25, 0.3) is 5.56 Å². The Kier molecular flexibility index (Phi) is 10.3. The highest BCUT2D eigenvalue weighted by Gasteiger charge is 2.41. The van der Waals surface area contributed by atoms with E-state index in [1.54, 1.807) is 25.1 Å². The smallest absolute Gasteiger partial charge is 0.459 e. The van der Waals surface area contributed by atoms with Crippen molar-refractivity contribution in [1.82, 2.24) is 14.6 Å². The lowest BCUT2D eigenvalue weighted by Gasteiger charge is -2.30. The lowest BCUT2D eigenvalue weighted by atomic mass is 10.1. The summed E-state index contributed by atoms with van der Waals surface area (Å²) in [4.78, 5) is 37.7. The number of hydrogen-bond donors (Lipinski definition) is 3. The summed E-state index contributed by atoms with van der Waals surface area (Å²) in [5.74, 6) is -0.517. The maximum absolute atomic E-state index is 13.6. The molecule has 35 heavy (non-hydrogen) atoms. The number of H-pyrrole nitrogens is 1. The van der Waals surface area contributed by atoms with Gasteiger partial charge in [-0.05, 0) is 39.8 Å². The molecule has 2 rings (SSSR count). The standard InChI is InChI=1S/C21H29ClN3O9P/c1-5-31-19(28)21(3,4)24-35(30,34-15-9-7-6-8-10-15)32-13-16(18(22)27)33-14(2)25-12-11-17(26)23-20(25)29/h6-12,14,16,18,27H,5,13H2,1-4H3,(H,24,30)(H,23,26,29)/t14-,16-,18?,35?/m1/s1. The molecule has 14 heteroatoms. The van der Waals surface area contributed by atoms with E-state index in [4.69, 9.17) is 30.1 Å². The third-order valence-electron chi connectivity index (χ3n) is 4.50. The number of halogens is 1. The maximum Gasteiger partial charge on any atom is 0.459 e. The quantitative estimate of drug-likeness (QED) is 0.198. The minimum atomic E-state index is -4.28. The SMILES string of the molecule is CCOC(=O)C(C)(C)NP(=O)(OC[C@@H](O[C@H](C)n1ccc(=O)[nH]c1=O)C(O)Cl)Oc1ccccc1. The number of aromatic amines is 1. The van der Waals surface area contributed by atoms with Crippen LogP contribution in [0.3, 0.4) is 0 Å². The second-order valence-electron chi connectivity index (χ2n) is 7.82. The van der Waals surface area contributed by atoms with Crippen LogP contribution in [-0.4, -0.2) is 51.0 Å². The number of aromatic nitrogens is 2. The molecule has 0 amide bonds. The van der Waals surface area contributed by atoms with Crippen LogP contribution in [0.5, 0.6) is 5.75 Å². The Bertz CT molecular complexity index is 1140. The van der Waals surface area contributed by atoms with Crippen molar-refractivity contribution in [2.45, 2.75) is 51.1 Å². The summed E-state index contributed by atoms with van der Waals surface area (Å²) in [5.41, 5.74) is -4.46. The Hall–Kier alpha value is -2.47. The van der Waals surface area contributed by atoms with Gasteiger partial charge in [0, 0.05) is 12.3 Å². The van der Waals surface area contributed by atoms with Crippen LogP contribution in [0.1, 0.15) is 33.9 Å². The number of aliphatic hydroxyl groups is 1. The number of nitrogens with zero attached hydrogens (tertiary/aromatic N) is 1. The molecule has 0 aliphatic rings. The van der Waals surface area contributed by atoms with Crippen molar-refractivity contribution in [3.05, 3.63) is 63.4 Å². The summed E-state index contributed by atoms with van der Waals surface area (Å²) in [6.45, 7) is 5.50. The number of carbonyl (C=O) groups excluding carboxylic acids is 1. The van der Waals surface area contributed by atoms with E-state index in [0.29, 0.717) is 0 Å². The van der Waals surface area contributed by atoms with E-state index in [2.05, 4.69) is 10.1 Å². The summed E-state index contributed by atoms with van der Waals surface area (Å²) >= 11 is 5.83. The van der Waals surface area contributed by atoms with Crippen molar-refractivity contribution < 1.29 is 33.0 Å². The van der Waals surface area contributed by atoms with Crippen LogP contribution in [0.15, 0.2) is 52.2 Å². The Balaban J connectivity index is 2.24. The zero-order chi connectivity index (χ0) is 26.2. The van der Waals surface area contributed by atoms with E-state index in [9.17, 15) is 24.1 Å². The molecular weight excluding hydrogens is 505 g/mol. The van der Waals surface area contributed by atoms with Crippen molar-refractivity contribution in [2.75, 3.05) is 13.2 Å². The summed E-state index contributed by atoms with van der Waals surface area (Å²) in [6, 6.07) is 9.20. The number of esters is 1. The van der Waals surface area contributed by atoms with Gasteiger partial charge in [0.2, 0.25) is 0 Å². The van der Waals surface area contributed by atoms with Crippen LogP contribution in [0.4, 0.5) is 0 Å².